The standard InChI is InChI=1S/C20H20BrFN2O3/c21-15-5-1-14(2-6-15)20(27)23-10-9-19(26)24-12-17(25)11-18(24)13-3-7-16(22)8-4-13/h1-8,17-18,25H,9-12H2,(H,23,27)/t17-,18+/m0/s1. The molecule has 3 rings (SSSR count). The molecule has 27 heavy (non-hydrogen) atoms. The molecule has 2 aromatic carbocycles. The average molecular weight is 435 g/mol. The van der Waals surface area contributed by atoms with Crippen molar-refractivity contribution < 1.29 is 19.1 Å². The zero-order valence-corrected chi connectivity index (χ0v) is 16.2. The molecule has 1 fully saturated rings. The average Bonchev–Trinajstić information content (AvgIpc) is 3.04. The number of carbonyl (C=O) groups excluding carboxylic acids is 2. The minimum Gasteiger partial charge on any atom is -0.391 e. The Kier molecular flexibility index (Phi) is 6.23. The van der Waals surface area contributed by atoms with Crippen LogP contribution in [0.25, 0.3) is 0 Å². The number of nitrogens with zero attached hydrogens (tertiary/aromatic N) is 1. The largest absolute Gasteiger partial charge is 0.391 e. The van der Waals surface area contributed by atoms with E-state index in [1.807, 2.05) is 0 Å². The van der Waals surface area contributed by atoms with Crippen molar-refractivity contribution in [3.63, 3.8) is 0 Å². The van der Waals surface area contributed by atoms with Gasteiger partial charge in [-0.15, -0.1) is 0 Å². The van der Waals surface area contributed by atoms with Crippen molar-refractivity contribution >= 4 is 27.7 Å². The molecule has 2 N–H and O–H groups in total. The Hall–Kier alpha value is -2.25. The van der Waals surface area contributed by atoms with E-state index in [1.54, 1.807) is 41.3 Å². The van der Waals surface area contributed by atoms with Gasteiger partial charge >= 0.3 is 0 Å². The molecule has 142 valence electrons. The van der Waals surface area contributed by atoms with Crippen LogP contribution >= 0.6 is 15.9 Å². The maximum absolute atomic E-state index is 13.1. The number of amides is 2. The monoisotopic (exact) mass is 434 g/mol. The molecule has 2 amide bonds. The highest BCUT2D eigenvalue weighted by Gasteiger charge is 2.34. The molecule has 1 heterocycles. The highest BCUT2D eigenvalue weighted by atomic mass is 79.9. The number of β-amino-alcohol motifs (C(OH)–C–C–N with tert-alkyl or cyclic N) is 1. The molecule has 1 saturated heterocycles. The summed E-state index contributed by atoms with van der Waals surface area (Å²) in [5.41, 5.74) is 1.31. The molecule has 0 aliphatic carbocycles. The van der Waals surface area contributed by atoms with E-state index in [9.17, 15) is 19.1 Å². The van der Waals surface area contributed by atoms with Gasteiger partial charge in [-0.25, -0.2) is 4.39 Å². The molecule has 1 aliphatic rings. The quantitative estimate of drug-likeness (QED) is 0.759. The lowest BCUT2D eigenvalue weighted by atomic mass is 10.0. The zero-order chi connectivity index (χ0) is 19.4. The van der Waals surface area contributed by atoms with Crippen LogP contribution in [0.1, 0.15) is 34.8 Å². The number of nitrogens with one attached hydrogen (secondary N) is 1. The fourth-order valence-corrected chi connectivity index (χ4v) is 3.48. The first kappa shape index (κ1) is 19.5. The lowest BCUT2D eigenvalue weighted by Gasteiger charge is -2.25. The third-order valence-electron chi connectivity index (χ3n) is 4.58. The summed E-state index contributed by atoms with van der Waals surface area (Å²) in [6.45, 7) is 0.442. The topological polar surface area (TPSA) is 69.6 Å². The van der Waals surface area contributed by atoms with E-state index >= 15 is 0 Å². The van der Waals surface area contributed by atoms with Crippen LogP contribution in [0.3, 0.4) is 0 Å². The maximum Gasteiger partial charge on any atom is 0.251 e. The van der Waals surface area contributed by atoms with Crippen molar-refractivity contribution in [1.82, 2.24) is 10.2 Å². The summed E-state index contributed by atoms with van der Waals surface area (Å²) in [6.07, 6.45) is -0.0590. The smallest absolute Gasteiger partial charge is 0.251 e. The Morgan fingerprint density at radius 3 is 2.48 bits per heavy atom. The van der Waals surface area contributed by atoms with Gasteiger partial charge in [0.2, 0.25) is 5.91 Å². The van der Waals surface area contributed by atoms with Crippen LogP contribution in [-0.4, -0.2) is 41.0 Å². The summed E-state index contributed by atoms with van der Waals surface area (Å²) in [4.78, 5) is 26.3. The first-order valence-electron chi connectivity index (χ1n) is 8.71. The molecule has 5 nitrogen and oxygen atoms in total. The second-order valence-corrected chi connectivity index (χ2v) is 7.43. The summed E-state index contributed by atoms with van der Waals surface area (Å²) < 4.78 is 14.0. The van der Waals surface area contributed by atoms with Crippen LogP contribution in [0.15, 0.2) is 53.0 Å². The van der Waals surface area contributed by atoms with Gasteiger partial charge in [-0.1, -0.05) is 28.1 Å². The number of aliphatic hydroxyl groups is 1. The fraction of sp³-hybridized carbons (Fsp3) is 0.300. The van der Waals surface area contributed by atoms with Crippen molar-refractivity contribution in [2.45, 2.75) is 25.0 Å². The van der Waals surface area contributed by atoms with Crippen molar-refractivity contribution in [2.75, 3.05) is 13.1 Å². The van der Waals surface area contributed by atoms with Gasteiger partial charge in [0.05, 0.1) is 12.1 Å². The summed E-state index contributed by atoms with van der Waals surface area (Å²) in [5, 5.41) is 12.7. The van der Waals surface area contributed by atoms with E-state index in [-0.39, 0.29) is 43.2 Å². The van der Waals surface area contributed by atoms with Crippen LogP contribution in [0.2, 0.25) is 0 Å². The molecule has 2 aromatic rings. The fourth-order valence-electron chi connectivity index (χ4n) is 3.22. The SMILES string of the molecule is O=C(NCCC(=O)N1C[C@@H](O)C[C@@H]1c1ccc(F)cc1)c1ccc(Br)cc1. The third kappa shape index (κ3) is 4.93. The number of carbonyl (C=O) groups is 2. The number of aliphatic hydroxyl groups excluding tert-OH is 1. The van der Waals surface area contributed by atoms with Crippen molar-refractivity contribution in [3.8, 4) is 0 Å². The summed E-state index contributed by atoms with van der Waals surface area (Å²) in [5.74, 6) is -0.741. The predicted octanol–water partition coefficient (Wildman–Crippen LogP) is 3.04. The van der Waals surface area contributed by atoms with Crippen LogP contribution in [0.4, 0.5) is 4.39 Å². The van der Waals surface area contributed by atoms with E-state index in [4.69, 9.17) is 0 Å². The number of rotatable bonds is 5. The van der Waals surface area contributed by atoms with Crippen molar-refractivity contribution in [2.24, 2.45) is 0 Å². The number of hydrogen-bond acceptors (Lipinski definition) is 3. The summed E-state index contributed by atoms with van der Waals surface area (Å²) >= 11 is 3.31. The van der Waals surface area contributed by atoms with Gasteiger partial charge < -0.3 is 15.3 Å². The van der Waals surface area contributed by atoms with Gasteiger partial charge in [-0.05, 0) is 48.4 Å². The molecule has 0 spiro atoms. The van der Waals surface area contributed by atoms with Gasteiger partial charge in [0.15, 0.2) is 0 Å². The Morgan fingerprint density at radius 1 is 1.15 bits per heavy atom. The van der Waals surface area contributed by atoms with E-state index in [1.165, 1.54) is 12.1 Å². The molecular weight excluding hydrogens is 415 g/mol. The number of likely N-dealkylation sites (tertiary alicyclic amines) is 1. The summed E-state index contributed by atoms with van der Waals surface area (Å²) in [7, 11) is 0. The molecule has 0 radical (unpaired) electrons. The Morgan fingerprint density at radius 2 is 1.81 bits per heavy atom. The first-order chi connectivity index (χ1) is 12.9. The van der Waals surface area contributed by atoms with Crippen molar-refractivity contribution in [1.29, 1.82) is 0 Å². The van der Waals surface area contributed by atoms with Crippen molar-refractivity contribution in [3.05, 3.63) is 69.9 Å². The highest BCUT2D eigenvalue weighted by molar-refractivity contribution is 9.10. The minimum absolute atomic E-state index is 0.132. The van der Waals surface area contributed by atoms with E-state index < -0.39 is 6.10 Å². The molecule has 2 atom stereocenters. The van der Waals surface area contributed by atoms with Crippen LogP contribution in [-0.2, 0) is 4.79 Å². The Labute approximate surface area is 165 Å². The highest BCUT2D eigenvalue weighted by Crippen LogP contribution is 2.32. The minimum atomic E-state index is -0.610. The molecule has 0 unspecified atom stereocenters. The third-order valence-corrected chi connectivity index (χ3v) is 5.11. The second-order valence-electron chi connectivity index (χ2n) is 6.52. The Balaban J connectivity index is 1.56. The van der Waals surface area contributed by atoms with Gasteiger partial charge in [-0.2, -0.15) is 0 Å². The molecule has 7 heteroatoms. The van der Waals surface area contributed by atoms with E-state index in [0.717, 1.165) is 10.0 Å². The second kappa shape index (κ2) is 8.63. The predicted molar refractivity (Wildman–Crippen MR) is 103 cm³/mol. The lowest BCUT2D eigenvalue weighted by molar-refractivity contribution is -0.132. The zero-order valence-electron chi connectivity index (χ0n) is 14.6. The van der Waals surface area contributed by atoms with Crippen LogP contribution in [0.5, 0.6) is 0 Å². The van der Waals surface area contributed by atoms with Gasteiger partial charge in [0, 0.05) is 29.5 Å². The number of hydrogen-bond donors (Lipinski definition) is 2. The number of benzene rings is 2. The molecular formula is C20H20BrFN2O3. The normalized spacial score (nSPS) is 19.1. The van der Waals surface area contributed by atoms with Gasteiger partial charge in [0.25, 0.3) is 5.91 Å². The molecule has 0 aromatic heterocycles. The molecule has 1 aliphatic heterocycles. The molecule has 0 saturated carbocycles. The Bertz CT molecular complexity index is 811. The van der Waals surface area contributed by atoms with Crippen LogP contribution in [0, 0.1) is 5.82 Å². The lowest BCUT2D eigenvalue weighted by Crippen LogP contribution is -2.35. The van der Waals surface area contributed by atoms with Crippen LogP contribution < -0.4 is 5.32 Å². The van der Waals surface area contributed by atoms with E-state index in [2.05, 4.69) is 21.2 Å². The number of halogens is 2. The maximum atomic E-state index is 13.1. The van der Waals surface area contributed by atoms with E-state index in [0.29, 0.717) is 12.0 Å². The van der Waals surface area contributed by atoms with Gasteiger partial charge in [-0.3, -0.25) is 9.59 Å². The summed E-state index contributed by atoms with van der Waals surface area (Å²) in [6, 6.07) is 12.6. The van der Waals surface area contributed by atoms with Gasteiger partial charge in [0.1, 0.15) is 5.82 Å². The molecule has 0 bridgehead atoms. The first-order valence-corrected chi connectivity index (χ1v) is 9.50.